The smallest absolute Gasteiger partial charge is 0.130 e. The van der Waals surface area contributed by atoms with Gasteiger partial charge in [-0.1, -0.05) is 11.6 Å². The Morgan fingerprint density at radius 2 is 2.31 bits per heavy atom. The summed E-state index contributed by atoms with van der Waals surface area (Å²) in [6.07, 6.45) is 1.04. The summed E-state index contributed by atoms with van der Waals surface area (Å²) in [6.45, 7) is 2.04. The molecule has 1 aliphatic rings. The number of nitrogens with zero attached hydrogens (tertiary/aromatic N) is 2. The van der Waals surface area contributed by atoms with Gasteiger partial charge in [0.15, 0.2) is 0 Å². The third-order valence-corrected chi connectivity index (χ3v) is 5.04. The maximum Gasteiger partial charge on any atom is 0.130 e. The molecular formula is C11H18ClN3S. The van der Waals surface area contributed by atoms with Crippen LogP contribution in [-0.4, -0.2) is 34.4 Å². The van der Waals surface area contributed by atoms with E-state index < -0.39 is 0 Å². The monoisotopic (exact) mass is 259 g/mol. The second kappa shape index (κ2) is 4.98. The van der Waals surface area contributed by atoms with Crippen molar-refractivity contribution >= 4 is 23.4 Å². The van der Waals surface area contributed by atoms with Crippen molar-refractivity contribution in [2.75, 3.05) is 18.6 Å². The van der Waals surface area contributed by atoms with Gasteiger partial charge in [0.25, 0.3) is 0 Å². The highest BCUT2D eigenvalue weighted by Crippen LogP contribution is 2.30. The summed E-state index contributed by atoms with van der Waals surface area (Å²) in [5.74, 6) is 3.10. The van der Waals surface area contributed by atoms with Crippen LogP contribution in [0.25, 0.3) is 0 Å². The van der Waals surface area contributed by atoms with Crippen LogP contribution < -0.4 is 5.32 Å². The highest BCUT2D eigenvalue weighted by molar-refractivity contribution is 7.99. The van der Waals surface area contributed by atoms with Crippen LogP contribution in [0.3, 0.4) is 0 Å². The minimum atomic E-state index is 0.612. The van der Waals surface area contributed by atoms with Gasteiger partial charge in [0.1, 0.15) is 5.15 Å². The lowest BCUT2D eigenvalue weighted by Crippen LogP contribution is -2.33. The highest BCUT2D eigenvalue weighted by Gasteiger charge is 2.28. The van der Waals surface area contributed by atoms with Crippen LogP contribution in [-0.2, 0) is 13.5 Å². The van der Waals surface area contributed by atoms with E-state index >= 15 is 0 Å². The normalized spacial score (nSPS) is 25.2. The molecule has 1 aromatic heterocycles. The average Bonchev–Trinajstić information content (AvgIpc) is 2.79. The molecule has 1 saturated heterocycles. The first-order chi connectivity index (χ1) is 7.63. The molecule has 1 aliphatic heterocycles. The fraction of sp³-hybridized carbons (Fsp3) is 0.727. The second-order valence-electron chi connectivity index (χ2n) is 4.38. The average molecular weight is 260 g/mol. The van der Waals surface area contributed by atoms with Crippen molar-refractivity contribution in [2.24, 2.45) is 13.0 Å². The molecule has 0 radical (unpaired) electrons. The van der Waals surface area contributed by atoms with Gasteiger partial charge >= 0.3 is 0 Å². The topological polar surface area (TPSA) is 29.9 Å². The predicted molar refractivity (Wildman–Crippen MR) is 70.3 cm³/mol. The quantitative estimate of drug-likeness (QED) is 0.899. The second-order valence-corrected chi connectivity index (χ2v) is 5.81. The Hall–Kier alpha value is -0.190. The van der Waals surface area contributed by atoms with E-state index in [1.54, 1.807) is 4.68 Å². The summed E-state index contributed by atoms with van der Waals surface area (Å²) < 4.78 is 1.77. The zero-order chi connectivity index (χ0) is 11.7. The molecule has 0 saturated carbocycles. The van der Waals surface area contributed by atoms with E-state index in [2.05, 4.69) is 10.4 Å². The van der Waals surface area contributed by atoms with Crippen molar-refractivity contribution in [3.05, 3.63) is 16.4 Å². The molecule has 2 atom stereocenters. The Kier molecular flexibility index (Phi) is 3.82. The minimum absolute atomic E-state index is 0.612. The van der Waals surface area contributed by atoms with Crippen molar-refractivity contribution in [1.82, 2.24) is 15.1 Å². The van der Waals surface area contributed by atoms with E-state index in [0.29, 0.717) is 12.0 Å². The zero-order valence-electron chi connectivity index (χ0n) is 9.96. The molecule has 0 aromatic carbocycles. The number of thioether (sulfide) groups is 1. The molecule has 0 amide bonds. The van der Waals surface area contributed by atoms with Gasteiger partial charge in [-0.15, -0.1) is 0 Å². The van der Waals surface area contributed by atoms with Gasteiger partial charge in [-0.2, -0.15) is 16.9 Å². The molecule has 1 fully saturated rings. The summed E-state index contributed by atoms with van der Waals surface area (Å²) >= 11 is 8.28. The molecule has 2 unspecified atom stereocenters. The summed E-state index contributed by atoms with van der Waals surface area (Å²) in [5.41, 5.74) is 2.29. The first-order valence-electron chi connectivity index (χ1n) is 5.56. The molecule has 3 nitrogen and oxygen atoms in total. The van der Waals surface area contributed by atoms with E-state index in [4.69, 9.17) is 11.6 Å². The van der Waals surface area contributed by atoms with Crippen LogP contribution in [0.5, 0.6) is 0 Å². The molecule has 16 heavy (non-hydrogen) atoms. The van der Waals surface area contributed by atoms with Gasteiger partial charge in [-0.05, 0) is 32.1 Å². The van der Waals surface area contributed by atoms with Crippen LogP contribution >= 0.6 is 23.4 Å². The lowest BCUT2D eigenvalue weighted by Gasteiger charge is -2.17. The van der Waals surface area contributed by atoms with Gasteiger partial charge in [0.05, 0.1) is 5.69 Å². The Morgan fingerprint density at radius 3 is 2.88 bits per heavy atom. The van der Waals surface area contributed by atoms with Crippen LogP contribution in [0.4, 0.5) is 0 Å². The van der Waals surface area contributed by atoms with Crippen LogP contribution in [0.15, 0.2) is 0 Å². The number of aryl methyl sites for hydroxylation is 2. The van der Waals surface area contributed by atoms with Gasteiger partial charge in [0, 0.05) is 24.4 Å². The number of hydrogen-bond acceptors (Lipinski definition) is 3. The van der Waals surface area contributed by atoms with Gasteiger partial charge in [-0.25, -0.2) is 0 Å². The fourth-order valence-corrected chi connectivity index (χ4v) is 4.02. The number of rotatable bonds is 3. The van der Waals surface area contributed by atoms with Crippen molar-refractivity contribution < 1.29 is 0 Å². The summed E-state index contributed by atoms with van der Waals surface area (Å²) in [4.78, 5) is 0. The van der Waals surface area contributed by atoms with E-state index in [0.717, 1.165) is 17.3 Å². The number of halogens is 1. The van der Waals surface area contributed by atoms with Gasteiger partial charge in [-0.3, -0.25) is 4.68 Å². The lowest BCUT2D eigenvalue weighted by molar-refractivity contribution is 0.453. The molecule has 1 aromatic rings. The predicted octanol–water partition coefficient (Wildman–Crippen LogP) is 1.88. The number of aromatic nitrogens is 2. The SMILES string of the molecule is CNC1CSCC1Cc1c(C)nn(C)c1Cl. The molecule has 2 heterocycles. The molecule has 5 heteroatoms. The third kappa shape index (κ3) is 2.24. The van der Waals surface area contributed by atoms with E-state index in [-0.39, 0.29) is 0 Å². The van der Waals surface area contributed by atoms with Crippen molar-refractivity contribution in [3.8, 4) is 0 Å². The fourth-order valence-electron chi connectivity index (χ4n) is 2.29. The molecular weight excluding hydrogens is 242 g/mol. The minimum Gasteiger partial charge on any atom is -0.316 e. The number of hydrogen-bond donors (Lipinski definition) is 1. The van der Waals surface area contributed by atoms with Crippen LogP contribution in [0, 0.1) is 12.8 Å². The van der Waals surface area contributed by atoms with Crippen molar-refractivity contribution in [3.63, 3.8) is 0 Å². The van der Waals surface area contributed by atoms with Gasteiger partial charge < -0.3 is 5.32 Å². The Balaban J connectivity index is 2.14. The zero-order valence-corrected chi connectivity index (χ0v) is 11.5. The first kappa shape index (κ1) is 12.3. The standard InChI is InChI=1S/C11H18ClN3S/c1-7-9(11(12)15(3)14-7)4-8-5-16-6-10(8)13-2/h8,10,13H,4-6H2,1-3H3. The van der Waals surface area contributed by atoms with Crippen molar-refractivity contribution in [1.29, 1.82) is 0 Å². The van der Waals surface area contributed by atoms with Crippen LogP contribution in [0.2, 0.25) is 5.15 Å². The van der Waals surface area contributed by atoms with E-state index in [1.165, 1.54) is 17.1 Å². The largest absolute Gasteiger partial charge is 0.316 e. The molecule has 90 valence electrons. The number of nitrogens with one attached hydrogen (secondary N) is 1. The summed E-state index contributed by atoms with van der Waals surface area (Å²) in [6, 6.07) is 0.612. The Labute approximate surface area is 106 Å². The molecule has 2 rings (SSSR count). The van der Waals surface area contributed by atoms with Crippen LogP contribution in [0.1, 0.15) is 11.3 Å². The maximum atomic E-state index is 6.26. The third-order valence-electron chi connectivity index (χ3n) is 3.31. The van der Waals surface area contributed by atoms with Gasteiger partial charge in [0.2, 0.25) is 0 Å². The maximum absolute atomic E-state index is 6.26. The highest BCUT2D eigenvalue weighted by atomic mass is 35.5. The lowest BCUT2D eigenvalue weighted by atomic mass is 9.95. The molecule has 0 spiro atoms. The molecule has 0 aliphatic carbocycles. The first-order valence-corrected chi connectivity index (χ1v) is 7.09. The molecule has 0 bridgehead atoms. The molecule has 1 N–H and O–H groups in total. The summed E-state index contributed by atoms with van der Waals surface area (Å²) in [7, 11) is 3.94. The Morgan fingerprint density at radius 1 is 1.56 bits per heavy atom. The van der Waals surface area contributed by atoms with Crippen molar-refractivity contribution in [2.45, 2.75) is 19.4 Å². The Bertz CT molecular complexity index is 378. The summed E-state index contributed by atoms with van der Waals surface area (Å²) in [5, 5.41) is 8.55. The van der Waals surface area contributed by atoms with E-state index in [9.17, 15) is 0 Å². The van der Waals surface area contributed by atoms with E-state index in [1.807, 2.05) is 32.8 Å².